The van der Waals surface area contributed by atoms with Gasteiger partial charge in [-0.2, -0.15) is 0 Å². The standard InChI is InChI=1S/C23H19ClN4O/c1-15-7-11-17(12-8-15)22-26-21(23(29)25-20-6-4-3-5-19(20)24)27-28(22)18-13-9-16(2)10-14-18/h3-14H,1-2H3,(H,25,29). The van der Waals surface area contributed by atoms with E-state index in [2.05, 4.69) is 15.4 Å². The largest absolute Gasteiger partial charge is 0.318 e. The Labute approximate surface area is 174 Å². The summed E-state index contributed by atoms with van der Waals surface area (Å²) in [7, 11) is 0. The predicted octanol–water partition coefficient (Wildman–Crippen LogP) is 5.46. The SMILES string of the molecule is Cc1ccc(-c2nc(C(=O)Nc3ccccc3Cl)nn2-c2ccc(C)cc2)cc1. The molecule has 1 N–H and O–H groups in total. The number of para-hydroxylation sites is 1. The molecule has 4 aromatic rings. The maximum Gasteiger partial charge on any atom is 0.295 e. The Bertz CT molecular complexity index is 1100. The van der Waals surface area contributed by atoms with Gasteiger partial charge in [0.1, 0.15) is 0 Å². The van der Waals surface area contributed by atoms with Crippen LogP contribution >= 0.6 is 11.6 Å². The molecule has 3 aromatic carbocycles. The fourth-order valence-electron chi connectivity index (χ4n) is 2.90. The number of benzene rings is 3. The Balaban J connectivity index is 1.76. The van der Waals surface area contributed by atoms with Crippen molar-refractivity contribution in [3.05, 3.63) is 94.8 Å². The molecule has 0 aliphatic heterocycles. The Kier molecular flexibility index (Phi) is 5.14. The lowest BCUT2D eigenvalue weighted by Gasteiger charge is -2.06. The topological polar surface area (TPSA) is 59.8 Å². The van der Waals surface area contributed by atoms with Crippen molar-refractivity contribution in [2.75, 3.05) is 5.32 Å². The van der Waals surface area contributed by atoms with Gasteiger partial charge >= 0.3 is 0 Å². The van der Waals surface area contributed by atoms with Crippen LogP contribution in [0.5, 0.6) is 0 Å². The molecule has 0 saturated heterocycles. The van der Waals surface area contributed by atoms with E-state index in [0.29, 0.717) is 16.5 Å². The average Bonchev–Trinajstić information content (AvgIpc) is 3.16. The van der Waals surface area contributed by atoms with Crippen LogP contribution in [-0.4, -0.2) is 20.7 Å². The van der Waals surface area contributed by atoms with Crippen LogP contribution in [-0.2, 0) is 0 Å². The van der Waals surface area contributed by atoms with E-state index >= 15 is 0 Å². The van der Waals surface area contributed by atoms with E-state index in [9.17, 15) is 4.79 Å². The maximum atomic E-state index is 12.8. The molecule has 0 unspecified atom stereocenters. The molecule has 4 rings (SSSR count). The molecule has 6 heteroatoms. The zero-order chi connectivity index (χ0) is 20.4. The smallest absolute Gasteiger partial charge is 0.295 e. The molecular formula is C23H19ClN4O. The third-order valence-electron chi connectivity index (χ3n) is 4.52. The van der Waals surface area contributed by atoms with E-state index in [1.54, 1.807) is 28.9 Å². The second kappa shape index (κ2) is 7.89. The quantitative estimate of drug-likeness (QED) is 0.493. The first-order chi connectivity index (χ1) is 14.0. The molecule has 29 heavy (non-hydrogen) atoms. The maximum absolute atomic E-state index is 12.8. The van der Waals surface area contributed by atoms with Crippen LogP contribution in [0.15, 0.2) is 72.8 Å². The van der Waals surface area contributed by atoms with Crippen LogP contribution < -0.4 is 5.32 Å². The van der Waals surface area contributed by atoms with Crippen molar-refractivity contribution in [2.45, 2.75) is 13.8 Å². The van der Waals surface area contributed by atoms with E-state index in [0.717, 1.165) is 22.4 Å². The van der Waals surface area contributed by atoms with E-state index in [4.69, 9.17) is 11.6 Å². The molecular weight excluding hydrogens is 384 g/mol. The van der Waals surface area contributed by atoms with Crippen LogP contribution in [0.2, 0.25) is 5.02 Å². The number of halogens is 1. The number of carbonyl (C=O) groups excluding carboxylic acids is 1. The van der Waals surface area contributed by atoms with Gasteiger partial charge in [0.15, 0.2) is 5.82 Å². The number of aryl methyl sites for hydroxylation is 2. The first-order valence-electron chi connectivity index (χ1n) is 9.18. The molecule has 1 heterocycles. The van der Waals surface area contributed by atoms with Gasteiger partial charge in [0.2, 0.25) is 5.82 Å². The number of aromatic nitrogens is 3. The second-order valence-corrected chi connectivity index (χ2v) is 7.21. The van der Waals surface area contributed by atoms with Crippen LogP contribution in [0, 0.1) is 13.8 Å². The summed E-state index contributed by atoms with van der Waals surface area (Å²) in [4.78, 5) is 17.3. The highest BCUT2D eigenvalue weighted by Crippen LogP contribution is 2.24. The molecule has 0 bridgehead atoms. The zero-order valence-electron chi connectivity index (χ0n) is 16.1. The second-order valence-electron chi connectivity index (χ2n) is 6.81. The van der Waals surface area contributed by atoms with Gasteiger partial charge in [0.25, 0.3) is 5.91 Å². The van der Waals surface area contributed by atoms with Gasteiger partial charge < -0.3 is 5.32 Å². The fourth-order valence-corrected chi connectivity index (χ4v) is 3.09. The molecule has 0 saturated carbocycles. The Morgan fingerprint density at radius 3 is 2.17 bits per heavy atom. The number of rotatable bonds is 4. The van der Waals surface area contributed by atoms with E-state index < -0.39 is 5.91 Å². The van der Waals surface area contributed by atoms with Gasteiger partial charge in [0.05, 0.1) is 16.4 Å². The summed E-state index contributed by atoms with van der Waals surface area (Å²) < 4.78 is 1.69. The molecule has 0 spiro atoms. The first kappa shape index (κ1) is 18.9. The number of nitrogens with zero attached hydrogens (tertiary/aromatic N) is 3. The van der Waals surface area contributed by atoms with Crippen LogP contribution in [0.25, 0.3) is 17.1 Å². The minimum Gasteiger partial charge on any atom is -0.318 e. The van der Waals surface area contributed by atoms with Crippen molar-refractivity contribution >= 4 is 23.2 Å². The summed E-state index contributed by atoms with van der Waals surface area (Å²) in [5.74, 6) is 0.247. The summed E-state index contributed by atoms with van der Waals surface area (Å²) in [6, 6.07) is 22.9. The van der Waals surface area contributed by atoms with Crippen LogP contribution in [0.3, 0.4) is 0 Å². The lowest BCUT2D eigenvalue weighted by atomic mass is 10.1. The Morgan fingerprint density at radius 1 is 0.897 bits per heavy atom. The molecule has 0 radical (unpaired) electrons. The summed E-state index contributed by atoms with van der Waals surface area (Å²) in [5, 5.41) is 7.72. The van der Waals surface area contributed by atoms with Gasteiger partial charge in [-0.3, -0.25) is 4.79 Å². The van der Waals surface area contributed by atoms with Crippen molar-refractivity contribution in [3.63, 3.8) is 0 Å². The number of anilines is 1. The molecule has 1 aromatic heterocycles. The average molecular weight is 403 g/mol. The van der Waals surface area contributed by atoms with Gasteiger partial charge in [-0.1, -0.05) is 71.3 Å². The number of nitrogens with one attached hydrogen (secondary N) is 1. The molecule has 144 valence electrons. The third-order valence-corrected chi connectivity index (χ3v) is 4.85. The third kappa shape index (κ3) is 4.05. The zero-order valence-corrected chi connectivity index (χ0v) is 16.8. The van der Waals surface area contributed by atoms with Crippen molar-refractivity contribution in [3.8, 4) is 17.1 Å². The van der Waals surface area contributed by atoms with Crippen LogP contribution in [0.1, 0.15) is 21.7 Å². The highest BCUT2D eigenvalue weighted by Gasteiger charge is 2.19. The van der Waals surface area contributed by atoms with Crippen LogP contribution in [0.4, 0.5) is 5.69 Å². The van der Waals surface area contributed by atoms with Gasteiger partial charge in [-0.05, 0) is 38.1 Å². The van der Waals surface area contributed by atoms with E-state index in [1.807, 2.05) is 62.4 Å². The van der Waals surface area contributed by atoms with Crippen molar-refractivity contribution < 1.29 is 4.79 Å². The first-order valence-corrected chi connectivity index (χ1v) is 9.56. The van der Waals surface area contributed by atoms with E-state index in [-0.39, 0.29) is 5.82 Å². The van der Waals surface area contributed by atoms with Crippen molar-refractivity contribution in [1.82, 2.24) is 14.8 Å². The minimum atomic E-state index is -0.419. The normalized spacial score (nSPS) is 10.7. The van der Waals surface area contributed by atoms with Crippen molar-refractivity contribution in [2.24, 2.45) is 0 Å². The van der Waals surface area contributed by atoms with Gasteiger partial charge in [-0.25, -0.2) is 9.67 Å². The molecule has 0 aliphatic carbocycles. The van der Waals surface area contributed by atoms with Gasteiger partial charge in [-0.15, -0.1) is 5.10 Å². The highest BCUT2D eigenvalue weighted by molar-refractivity contribution is 6.33. The molecule has 0 fully saturated rings. The Morgan fingerprint density at radius 2 is 1.52 bits per heavy atom. The number of hydrogen-bond donors (Lipinski definition) is 1. The van der Waals surface area contributed by atoms with Gasteiger partial charge in [0, 0.05) is 5.56 Å². The molecule has 0 aliphatic rings. The van der Waals surface area contributed by atoms with Crippen molar-refractivity contribution in [1.29, 1.82) is 0 Å². The Hall–Kier alpha value is -3.44. The molecule has 0 atom stereocenters. The fraction of sp³-hybridized carbons (Fsp3) is 0.0870. The summed E-state index contributed by atoms with van der Waals surface area (Å²) in [6.45, 7) is 4.05. The summed E-state index contributed by atoms with van der Waals surface area (Å²) >= 11 is 6.15. The predicted molar refractivity (Wildman–Crippen MR) is 116 cm³/mol. The van der Waals surface area contributed by atoms with E-state index in [1.165, 1.54) is 0 Å². The lowest BCUT2D eigenvalue weighted by molar-refractivity contribution is 0.101. The molecule has 5 nitrogen and oxygen atoms in total. The number of carbonyl (C=O) groups is 1. The summed E-state index contributed by atoms with van der Waals surface area (Å²) in [6.07, 6.45) is 0. The lowest BCUT2D eigenvalue weighted by Crippen LogP contribution is -2.14. The monoisotopic (exact) mass is 402 g/mol. The number of hydrogen-bond acceptors (Lipinski definition) is 3. The number of amides is 1. The summed E-state index contributed by atoms with van der Waals surface area (Å²) in [5.41, 5.74) is 4.51. The highest BCUT2D eigenvalue weighted by atomic mass is 35.5. The molecule has 1 amide bonds. The minimum absolute atomic E-state index is 0.0704.